The number of para-hydroxylation sites is 1. The molecule has 3 aliphatic rings. The van der Waals surface area contributed by atoms with Crippen molar-refractivity contribution in [2.75, 3.05) is 54.5 Å². The van der Waals surface area contributed by atoms with Crippen LogP contribution in [0.1, 0.15) is 55.5 Å². The highest BCUT2D eigenvalue weighted by Crippen LogP contribution is 2.36. The van der Waals surface area contributed by atoms with Crippen molar-refractivity contribution in [2.45, 2.75) is 50.5 Å². The minimum atomic E-state index is -1.02. The van der Waals surface area contributed by atoms with E-state index in [1.54, 1.807) is 6.07 Å². The van der Waals surface area contributed by atoms with E-state index in [1.165, 1.54) is 0 Å². The molecular weight excluding hydrogens is 508 g/mol. The number of amides is 2. The number of ketones is 1. The van der Waals surface area contributed by atoms with E-state index in [-0.39, 0.29) is 23.4 Å². The summed E-state index contributed by atoms with van der Waals surface area (Å²) < 4.78 is 11.4. The van der Waals surface area contributed by atoms with Gasteiger partial charge in [0.15, 0.2) is 11.5 Å². The lowest BCUT2D eigenvalue weighted by Crippen LogP contribution is -2.57. The molecule has 1 aliphatic carbocycles. The highest BCUT2D eigenvalue weighted by Gasteiger charge is 2.41. The number of hydrogen-bond donors (Lipinski definition) is 2. The Morgan fingerprint density at radius 3 is 2.42 bits per heavy atom. The smallest absolute Gasteiger partial charge is 0.287 e. The molecule has 6 rings (SSSR count). The molecule has 0 atom stereocenters. The molecule has 1 saturated carbocycles. The largest absolute Gasteiger partial charge is 0.451 e. The van der Waals surface area contributed by atoms with E-state index in [4.69, 9.17) is 9.15 Å². The molecule has 0 radical (unpaired) electrons. The van der Waals surface area contributed by atoms with Crippen molar-refractivity contribution in [3.05, 3.63) is 54.3 Å². The Kier molecular flexibility index (Phi) is 7.47. The van der Waals surface area contributed by atoms with Crippen LogP contribution in [0.4, 0.5) is 17.1 Å². The third kappa shape index (κ3) is 5.43. The second kappa shape index (κ2) is 11.3. The fourth-order valence-electron chi connectivity index (χ4n) is 6.16. The minimum absolute atomic E-state index is 0.203. The lowest BCUT2D eigenvalue weighted by Gasteiger charge is -2.37. The standard InChI is InChI=1S/C31H36N4O5/c36-24-8-6-14-35(21-24)25-11-10-23(20-26(25)34-15-17-39-18-16-34)32-30(38)31(12-4-1-5-13-31)33-29(37)28-19-22-7-2-3-9-27(22)40-28/h2-3,7,9-11,19-20H,1,4-6,8,12-18,21H2,(H,32,38)(H,33,37). The quantitative estimate of drug-likeness (QED) is 0.471. The zero-order valence-corrected chi connectivity index (χ0v) is 22.7. The number of fused-ring (bicyclic) bond motifs is 1. The molecule has 0 unspecified atom stereocenters. The summed E-state index contributed by atoms with van der Waals surface area (Å²) in [6.45, 7) is 3.97. The first-order valence-corrected chi connectivity index (χ1v) is 14.4. The Balaban J connectivity index is 1.25. The molecule has 0 spiro atoms. The Morgan fingerprint density at radius 2 is 1.65 bits per heavy atom. The first-order chi connectivity index (χ1) is 19.5. The summed E-state index contributed by atoms with van der Waals surface area (Å²) >= 11 is 0. The number of nitrogens with zero attached hydrogens (tertiary/aromatic N) is 2. The maximum absolute atomic E-state index is 13.9. The van der Waals surface area contributed by atoms with Crippen molar-refractivity contribution < 1.29 is 23.5 Å². The fourth-order valence-corrected chi connectivity index (χ4v) is 6.16. The molecule has 2 saturated heterocycles. The number of morpholine rings is 1. The summed E-state index contributed by atoms with van der Waals surface area (Å²) in [5.41, 5.74) is 2.27. The molecule has 2 aromatic carbocycles. The number of furan rings is 1. The van der Waals surface area contributed by atoms with Gasteiger partial charge in [-0.25, -0.2) is 0 Å². The molecular formula is C31H36N4O5. The summed E-state index contributed by atoms with van der Waals surface area (Å²) in [6, 6.07) is 15.1. The zero-order chi connectivity index (χ0) is 27.5. The van der Waals surface area contributed by atoms with Gasteiger partial charge < -0.3 is 29.6 Å². The van der Waals surface area contributed by atoms with Crippen molar-refractivity contribution in [3.8, 4) is 0 Å². The van der Waals surface area contributed by atoms with E-state index in [0.29, 0.717) is 50.3 Å². The number of nitrogens with one attached hydrogen (secondary N) is 2. The summed E-state index contributed by atoms with van der Waals surface area (Å²) in [7, 11) is 0. The normalized spacial score (nSPS) is 19.4. The van der Waals surface area contributed by atoms with Gasteiger partial charge in [0, 0.05) is 37.1 Å². The van der Waals surface area contributed by atoms with Crippen molar-refractivity contribution in [1.29, 1.82) is 0 Å². The van der Waals surface area contributed by atoms with Gasteiger partial charge in [-0.3, -0.25) is 14.4 Å². The van der Waals surface area contributed by atoms with E-state index in [9.17, 15) is 14.4 Å². The number of Topliss-reactive ketones (excluding diaryl/α,β-unsaturated/α-hetero) is 1. The van der Waals surface area contributed by atoms with Crippen molar-refractivity contribution in [2.24, 2.45) is 0 Å². The Labute approximate surface area is 233 Å². The Hall–Kier alpha value is -3.85. The molecule has 210 valence electrons. The van der Waals surface area contributed by atoms with Crippen LogP contribution in [0.3, 0.4) is 0 Å². The molecule has 2 aliphatic heterocycles. The van der Waals surface area contributed by atoms with Crippen LogP contribution in [-0.2, 0) is 14.3 Å². The van der Waals surface area contributed by atoms with Crippen LogP contribution in [0.15, 0.2) is 52.9 Å². The number of anilines is 3. The molecule has 9 heteroatoms. The van der Waals surface area contributed by atoms with Crippen LogP contribution < -0.4 is 20.4 Å². The maximum atomic E-state index is 13.9. The van der Waals surface area contributed by atoms with Crippen LogP contribution in [0.2, 0.25) is 0 Å². The number of hydrogen-bond acceptors (Lipinski definition) is 7. The number of ether oxygens (including phenoxy) is 1. The van der Waals surface area contributed by atoms with Gasteiger partial charge in [-0.05, 0) is 49.6 Å². The summed E-state index contributed by atoms with van der Waals surface area (Å²) in [6.07, 6.45) is 5.33. The molecule has 9 nitrogen and oxygen atoms in total. The molecule has 3 heterocycles. The van der Waals surface area contributed by atoms with Crippen LogP contribution in [0, 0.1) is 0 Å². The predicted octanol–water partition coefficient (Wildman–Crippen LogP) is 4.51. The minimum Gasteiger partial charge on any atom is -0.451 e. The number of carbonyl (C=O) groups is 3. The van der Waals surface area contributed by atoms with E-state index < -0.39 is 5.54 Å². The second-order valence-electron chi connectivity index (χ2n) is 11.1. The molecule has 40 heavy (non-hydrogen) atoms. The molecule has 2 amide bonds. The van der Waals surface area contributed by atoms with Crippen LogP contribution >= 0.6 is 0 Å². The van der Waals surface area contributed by atoms with Crippen LogP contribution in [0.25, 0.3) is 11.0 Å². The van der Waals surface area contributed by atoms with E-state index >= 15 is 0 Å². The third-order valence-electron chi connectivity index (χ3n) is 8.32. The highest BCUT2D eigenvalue weighted by molar-refractivity contribution is 6.04. The van der Waals surface area contributed by atoms with Gasteiger partial charge in [0.2, 0.25) is 5.91 Å². The summed E-state index contributed by atoms with van der Waals surface area (Å²) in [4.78, 5) is 43.8. The Morgan fingerprint density at radius 1 is 0.850 bits per heavy atom. The zero-order valence-electron chi connectivity index (χ0n) is 22.7. The fraction of sp³-hybridized carbons (Fsp3) is 0.452. The second-order valence-corrected chi connectivity index (χ2v) is 11.1. The lowest BCUT2D eigenvalue weighted by atomic mass is 9.80. The van der Waals surface area contributed by atoms with Gasteiger partial charge in [0.05, 0.1) is 31.1 Å². The Bertz CT molecular complexity index is 1370. The topological polar surface area (TPSA) is 104 Å². The van der Waals surface area contributed by atoms with Crippen molar-refractivity contribution in [1.82, 2.24) is 5.32 Å². The lowest BCUT2D eigenvalue weighted by molar-refractivity contribution is -0.123. The SMILES string of the molecule is O=C1CCCN(c2ccc(NC(=O)C3(NC(=O)c4cc5ccccc5o4)CCCCC3)cc2N2CCOCC2)C1. The van der Waals surface area contributed by atoms with Gasteiger partial charge in [-0.2, -0.15) is 0 Å². The molecule has 3 fully saturated rings. The van der Waals surface area contributed by atoms with Crippen LogP contribution in [-0.4, -0.2) is 62.5 Å². The predicted molar refractivity (Wildman–Crippen MR) is 154 cm³/mol. The average molecular weight is 545 g/mol. The molecule has 1 aromatic heterocycles. The van der Waals surface area contributed by atoms with Gasteiger partial charge >= 0.3 is 0 Å². The van der Waals surface area contributed by atoms with Crippen molar-refractivity contribution >= 4 is 45.6 Å². The summed E-state index contributed by atoms with van der Waals surface area (Å²) in [5, 5.41) is 7.03. The summed E-state index contributed by atoms with van der Waals surface area (Å²) in [5.74, 6) is -0.150. The van der Waals surface area contributed by atoms with E-state index in [0.717, 1.165) is 62.1 Å². The van der Waals surface area contributed by atoms with Gasteiger partial charge in [-0.15, -0.1) is 0 Å². The third-order valence-corrected chi connectivity index (χ3v) is 8.32. The first-order valence-electron chi connectivity index (χ1n) is 14.4. The molecule has 0 bridgehead atoms. The average Bonchev–Trinajstić information content (AvgIpc) is 3.43. The van der Waals surface area contributed by atoms with Gasteiger partial charge in [0.1, 0.15) is 11.1 Å². The highest BCUT2D eigenvalue weighted by atomic mass is 16.5. The number of carbonyl (C=O) groups excluding carboxylic acids is 3. The molecule has 2 N–H and O–H groups in total. The maximum Gasteiger partial charge on any atom is 0.287 e. The van der Waals surface area contributed by atoms with Crippen LogP contribution in [0.5, 0.6) is 0 Å². The molecule has 3 aromatic rings. The number of piperidine rings is 1. The number of benzene rings is 2. The van der Waals surface area contributed by atoms with E-state index in [1.807, 2.05) is 42.5 Å². The van der Waals surface area contributed by atoms with Crippen molar-refractivity contribution in [3.63, 3.8) is 0 Å². The van der Waals surface area contributed by atoms with E-state index in [2.05, 4.69) is 20.4 Å². The first kappa shape index (κ1) is 26.4. The van der Waals surface area contributed by atoms with Gasteiger partial charge in [0.25, 0.3) is 5.91 Å². The van der Waals surface area contributed by atoms with Gasteiger partial charge in [-0.1, -0.05) is 37.5 Å². The number of rotatable bonds is 6. The monoisotopic (exact) mass is 544 g/mol.